The standard InChI is InChI=1S/2C11H12O3.C10H16O3.C5H8O3/c2*1-2-4-8(5-3-1)11-12-6-9-10(14-9)7-13-11;1-2-4-10(5-3-1)11-6-8-9(13-8)7-12-10;1-4-5(8-4)2-7-3-6-1/h2*1-5,9-11H,6-7H2;8-9H,1-7H2;4-5H,1-3H2. The smallest absolute Gasteiger partial charge is 0.184 e. The van der Waals surface area contributed by atoms with Crippen LogP contribution in [0.5, 0.6) is 0 Å². The van der Waals surface area contributed by atoms with Crippen molar-refractivity contribution in [2.45, 2.75) is 99.3 Å². The lowest BCUT2D eigenvalue weighted by atomic mass is 9.94. The molecular weight excluding hydrogens is 636 g/mol. The van der Waals surface area contributed by atoms with Gasteiger partial charge in [0.2, 0.25) is 0 Å². The van der Waals surface area contributed by atoms with Crippen molar-refractivity contribution in [1.29, 1.82) is 0 Å². The quantitative estimate of drug-likeness (QED) is 0.421. The van der Waals surface area contributed by atoms with E-state index < -0.39 is 0 Å². The van der Waals surface area contributed by atoms with Crippen LogP contribution in [0.3, 0.4) is 0 Å². The number of hydrogen-bond acceptors (Lipinski definition) is 12. The Bertz CT molecular complexity index is 1180. The molecule has 49 heavy (non-hydrogen) atoms. The molecule has 1 saturated carbocycles. The Balaban J connectivity index is 0.0000000965. The fourth-order valence-corrected chi connectivity index (χ4v) is 6.60. The first-order valence-electron chi connectivity index (χ1n) is 17.8. The molecule has 0 amide bonds. The molecule has 0 aromatic heterocycles. The Kier molecular flexibility index (Phi) is 11.2. The Labute approximate surface area is 287 Å². The third kappa shape index (κ3) is 9.65. The number of epoxide rings is 4. The maximum absolute atomic E-state index is 5.84. The SMILES string of the molecule is C1CCC2(CC1)OCC1OC1CO2.C1OCC2OC2CO1.c1ccc(C2OCC3OC3CO2)cc1.c1ccc(C2OCC3OC3CO2)cc1. The minimum Gasteiger partial charge on any atom is -0.365 e. The van der Waals surface area contributed by atoms with Crippen molar-refractivity contribution in [3.8, 4) is 0 Å². The van der Waals surface area contributed by atoms with Gasteiger partial charge in [-0.3, -0.25) is 0 Å². The lowest BCUT2D eigenvalue weighted by Gasteiger charge is -2.35. The van der Waals surface area contributed by atoms with Crippen LogP contribution in [-0.2, 0) is 56.8 Å². The Hall–Kier alpha value is -2.04. The van der Waals surface area contributed by atoms with Gasteiger partial charge < -0.3 is 56.8 Å². The lowest BCUT2D eigenvalue weighted by molar-refractivity contribution is -0.251. The van der Waals surface area contributed by atoms with Crippen LogP contribution < -0.4 is 0 Å². The molecule has 12 nitrogen and oxygen atoms in total. The molecule has 1 spiro atoms. The van der Waals surface area contributed by atoms with Crippen molar-refractivity contribution < 1.29 is 56.8 Å². The molecule has 12 heteroatoms. The van der Waals surface area contributed by atoms with Crippen LogP contribution >= 0.6 is 0 Å². The summed E-state index contributed by atoms with van der Waals surface area (Å²) in [5.41, 5.74) is 2.16. The van der Waals surface area contributed by atoms with Crippen molar-refractivity contribution in [3.05, 3.63) is 71.8 Å². The summed E-state index contributed by atoms with van der Waals surface area (Å²) in [6.07, 6.45) is 7.97. The van der Waals surface area contributed by atoms with E-state index >= 15 is 0 Å². The molecule has 8 atom stereocenters. The van der Waals surface area contributed by atoms with Crippen LogP contribution in [0.1, 0.15) is 55.8 Å². The summed E-state index contributed by atoms with van der Waals surface area (Å²) >= 11 is 0. The number of benzene rings is 2. The highest BCUT2D eigenvalue weighted by Gasteiger charge is 2.48. The summed E-state index contributed by atoms with van der Waals surface area (Å²) in [6.45, 7) is 5.92. The molecule has 2 aromatic carbocycles. The van der Waals surface area contributed by atoms with Gasteiger partial charge in [0.1, 0.15) is 55.6 Å². The third-order valence-corrected chi connectivity index (χ3v) is 9.91. The minimum absolute atomic E-state index is 0.215. The second kappa shape index (κ2) is 16.1. The largest absolute Gasteiger partial charge is 0.365 e. The van der Waals surface area contributed by atoms with Crippen molar-refractivity contribution in [2.75, 3.05) is 59.6 Å². The first kappa shape index (κ1) is 34.1. The fraction of sp³-hybridized carbons (Fsp3) is 0.676. The Morgan fingerprint density at radius 3 is 1.18 bits per heavy atom. The molecule has 8 aliphatic heterocycles. The van der Waals surface area contributed by atoms with Gasteiger partial charge in [-0.25, -0.2) is 0 Å². The van der Waals surface area contributed by atoms with E-state index in [1.54, 1.807) is 0 Å². The minimum atomic E-state index is -0.227. The molecule has 2 aromatic rings. The van der Waals surface area contributed by atoms with Gasteiger partial charge in [-0.1, -0.05) is 67.1 Å². The van der Waals surface area contributed by atoms with Gasteiger partial charge in [0.05, 0.1) is 52.9 Å². The predicted molar refractivity (Wildman–Crippen MR) is 171 cm³/mol. The number of hydrogen-bond donors (Lipinski definition) is 0. The van der Waals surface area contributed by atoms with Gasteiger partial charge >= 0.3 is 0 Å². The van der Waals surface area contributed by atoms with Crippen molar-refractivity contribution in [3.63, 3.8) is 0 Å². The molecule has 8 unspecified atom stereocenters. The van der Waals surface area contributed by atoms with Crippen molar-refractivity contribution in [2.24, 2.45) is 0 Å². The first-order valence-corrected chi connectivity index (χ1v) is 17.8. The molecule has 0 radical (unpaired) electrons. The molecule has 0 N–H and O–H groups in total. The van der Waals surface area contributed by atoms with E-state index in [0.717, 1.165) is 37.2 Å². The molecule has 1 aliphatic carbocycles. The normalized spacial score (nSPS) is 39.1. The van der Waals surface area contributed by atoms with Gasteiger partial charge in [-0.05, 0) is 12.8 Å². The van der Waals surface area contributed by atoms with E-state index in [-0.39, 0.29) is 42.8 Å². The molecule has 11 rings (SSSR count). The van der Waals surface area contributed by atoms with Crippen LogP contribution in [0.25, 0.3) is 0 Å². The van der Waals surface area contributed by atoms with Crippen molar-refractivity contribution >= 4 is 0 Å². The van der Waals surface area contributed by atoms with Crippen LogP contribution in [0.2, 0.25) is 0 Å². The van der Waals surface area contributed by atoms with Crippen LogP contribution in [0, 0.1) is 0 Å². The van der Waals surface area contributed by atoms with Gasteiger partial charge in [-0.2, -0.15) is 0 Å². The van der Waals surface area contributed by atoms with Crippen LogP contribution in [-0.4, -0.2) is 114 Å². The molecule has 8 saturated heterocycles. The Morgan fingerprint density at radius 2 is 0.776 bits per heavy atom. The summed E-state index contributed by atoms with van der Waals surface area (Å²) in [4.78, 5) is 0. The molecular formula is C37H48O12. The Morgan fingerprint density at radius 1 is 0.408 bits per heavy atom. The van der Waals surface area contributed by atoms with Crippen molar-refractivity contribution in [1.82, 2.24) is 0 Å². The van der Waals surface area contributed by atoms with Gasteiger partial charge in [-0.15, -0.1) is 0 Å². The predicted octanol–water partition coefficient (Wildman–Crippen LogP) is 4.22. The summed E-state index contributed by atoms with van der Waals surface area (Å²) in [5, 5.41) is 0. The average molecular weight is 685 g/mol. The highest BCUT2D eigenvalue weighted by atomic mass is 16.7. The number of fused-ring (bicyclic) bond motifs is 4. The fourth-order valence-electron chi connectivity index (χ4n) is 6.60. The number of ether oxygens (including phenoxy) is 12. The van der Waals surface area contributed by atoms with Gasteiger partial charge in [0.25, 0.3) is 0 Å². The number of rotatable bonds is 2. The van der Waals surface area contributed by atoms with E-state index in [1.807, 2.05) is 60.7 Å². The van der Waals surface area contributed by atoms with Crippen LogP contribution in [0.15, 0.2) is 60.7 Å². The van der Waals surface area contributed by atoms with E-state index in [4.69, 9.17) is 56.8 Å². The zero-order valence-electron chi connectivity index (χ0n) is 27.8. The van der Waals surface area contributed by atoms with E-state index in [2.05, 4.69) is 0 Å². The summed E-state index contributed by atoms with van der Waals surface area (Å²) in [7, 11) is 0. The van der Waals surface area contributed by atoms with Gasteiger partial charge in [0.15, 0.2) is 18.4 Å². The van der Waals surface area contributed by atoms with E-state index in [9.17, 15) is 0 Å². The molecule has 0 bridgehead atoms. The average Bonchev–Trinajstić information content (AvgIpc) is 3.95. The highest BCUT2D eigenvalue weighted by molar-refractivity contribution is 5.17. The topological polar surface area (TPSA) is 124 Å². The monoisotopic (exact) mass is 684 g/mol. The highest BCUT2D eigenvalue weighted by Crippen LogP contribution is 2.39. The maximum Gasteiger partial charge on any atom is 0.184 e. The first-order chi connectivity index (χ1) is 24.2. The second-order valence-electron chi connectivity index (χ2n) is 13.6. The molecule has 9 fully saturated rings. The zero-order chi connectivity index (χ0) is 32.9. The zero-order valence-corrected chi connectivity index (χ0v) is 27.8. The molecule has 268 valence electrons. The lowest BCUT2D eigenvalue weighted by Crippen LogP contribution is -2.38. The molecule has 8 heterocycles. The summed E-state index contributed by atoms with van der Waals surface area (Å²) < 4.78 is 65.1. The molecule has 9 aliphatic rings. The van der Waals surface area contributed by atoms with Crippen LogP contribution in [0.4, 0.5) is 0 Å². The second-order valence-corrected chi connectivity index (χ2v) is 13.6. The maximum atomic E-state index is 5.84. The van der Waals surface area contributed by atoms with E-state index in [0.29, 0.717) is 70.9 Å². The van der Waals surface area contributed by atoms with Gasteiger partial charge in [0, 0.05) is 24.0 Å². The summed E-state index contributed by atoms with van der Waals surface area (Å²) in [5.74, 6) is -0.227. The summed E-state index contributed by atoms with van der Waals surface area (Å²) in [6, 6.07) is 20.0. The van der Waals surface area contributed by atoms with E-state index in [1.165, 1.54) is 19.3 Å². The third-order valence-electron chi connectivity index (χ3n) is 9.91.